The zero-order valence-corrected chi connectivity index (χ0v) is 20.8. The molecule has 0 saturated carbocycles. The molecule has 192 valence electrons. The SMILES string of the molecule is CCCCOc1c2n(cc(C(=O)NCc3ccc(F)cc3F)c1=O)N1CN(C2=O)[C@@H](C)C=C(C)[C@H]1C. The molecule has 0 unspecified atom stereocenters. The average molecular weight is 501 g/mol. The average Bonchev–Trinajstić information content (AvgIpc) is 2.93. The fraction of sp³-hybridized carbons (Fsp3) is 0.423. The smallest absolute Gasteiger partial charge is 0.278 e. The van der Waals surface area contributed by atoms with Crippen LogP contribution in [0.25, 0.3) is 0 Å². The van der Waals surface area contributed by atoms with Gasteiger partial charge in [0.05, 0.1) is 12.6 Å². The first-order valence-electron chi connectivity index (χ1n) is 12.0. The Hall–Kier alpha value is -3.69. The van der Waals surface area contributed by atoms with Gasteiger partial charge in [-0.2, -0.15) is 0 Å². The minimum Gasteiger partial charge on any atom is -0.487 e. The first-order valence-corrected chi connectivity index (χ1v) is 12.0. The van der Waals surface area contributed by atoms with Crippen LogP contribution in [0, 0.1) is 11.6 Å². The fourth-order valence-electron chi connectivity index (χ4n) is 4.42. The van der Waals surface area contributed by atoms with Crippen molar-refractivity contribution in [1.82, 2.24) is 14.9 Å². The van der Waals surface area contributed by atoms with Crippen molar-refractivity contribution < 1.29 is 23.1 Å². The first kappa shape index (κ1) is 25.4. The highest BCUT2D eigenvalue weighted by Crippen LogP contribution is 2.29. The second-order valence-electron chi connectivity index (χ2n) is 9.20. The molecule has 1 aromatic carbocycles. The van der Waals surface area contributed by atoms with Gasteiger partial charge in [0.2, 0.25) is 5.43 Å². The Morgan fingerprint density at radius 2 is 1.97 bits per heavy atom. The third-order valence-electron chi connectivity index (χ3n) is 6.73. The molecule has 2 aliphatic rings. The highest BCUT2D eigenvalue weighted by Gasteiger charge is 2.40. The van der Waals surface area contributed by atoms with E-state index in [-0.39, 0.29) is 60.4 Å². The van der Waals surface area contributed by atoms with Gasteiger partial charge in [-0.25, -0.2) is 8.78 Å². The lowest BCUT2D eigenvalue weighted by Gasteiger charge is -2.42. The van der Waals surface area contributed by atoms with Crippen LogP contribution in [0.4, 0.5) is 8.78 Å². The van der Waals surface area contributed by atoms with Gasteiger partial charge in [0.25, 0.3) is 11.8 Å². The summed E-state index contributed by atoms with van der Waals surface area (Å²) in [6.07, 6.45) is 4.83. The molecule has 0 radical (unpaired) electrons. The number of nitrogens with one attached hydrogen (secondary N) is 1. The van der Waals surface area contributed by atoms with Gasteiger partial charge in [0.1, 0.15) is 23.9 Å². The minimum absolute atomic E-state index is 0.0731. The molecule has 2 aromatic rings. The van der Waals surface area contributed by atoms with Gasteiger partial charge in [-0.15, -0.1) is 0 Å². The van der Waals surface area contributed by atoms with E-state index in [4.69, 9.17) is 4.74 Å². The molecule has 1 N–H and O–H groups in total. The fourth-order valence-corrected chi connectivity index (χ4v) is 4.42. The number of nitrogens with zero attached hydrogens (tertiary/aromatic N) is 3. The van der Waals surface area contributed by atoms with Crippen LogP contribution in [-0.4, -0.2) is 46.7 Å². The number of benzene rings is 1. The van der Waals surface area contributed by atoms with Gasteiger partial charge in [0.15, 0.2) is 11.4 Å². The van der Waals surface area contributed by atoms with Crippen LogP contribution in [0.5, 0.6) is 5.75 Å². The summed E-state index contributed by atoms with van der Waals surface area (Å²) in [4.78, 5) is 41.7. The van der Waals surface area contributed by atoms with Crippen LogP contribution in [0.1, 0.15) is 66.9 Å². The van der Waals surface area contributed by atoms with Gasteiger partial charge < -0.3 is 15.0 Å². The van der Waals surface area contributed by atoms with E-state index >= 15 is 0 Å². The number of halogens is 2. The number of amides is 2. The Bertz CT molecular complexity index is 1290. The van der Waals surface area contributed by atoms with Crippen molar-refractivity contribution >= 4 is 11.8 Å². The molecule has 3 heterocycles. The van der Waals surface area contributed by atoms with Crippen LogP contribution < -0.4 is 20.5 Å². The number of pyridine rings is 1. The molecule has 0 saturated heterocycles. The Morgan fingerprint density at radius 3 is 2.67 bits per heavy atom. The largest absolute Gasteiger partial charge is 0.487 e. The first-order chi connectivity index (χ1) is 17.1. The van der Waals surface area contributed by atoms with Gasteiger partial charge in [-0.05, 0) is 33.3 Å². The van der Waals surface area contributed by atoms with E-state index in [2.05, 4.69) is 5.32 Å². The molecule has 0 fully saturated rings. The van der Waals surface area contributed by atoms with Crippen molar-refractivity contribution in [2.24, 2.45) is 0 Å². The molecular formula is C26H30F2N4O4. The topological polar surface area (TPSA) is 83.9 Å². The van der Waals surface area contributed by atoms with E-state index in [9.17, 15) is 23.2 Å². The van der Waals surface area contributed by atoms with Gasteiger partial charge in [-0.3, -0.25) is 24.1 Å². The molecule has 0 spiro atoms. The maximum absolute atomic E-state index is 14.0. The number of carbonyl (C=O) groups is 2. The second kappa shape index (κ2) is 10.1. The Kier molecular flexibility index (Phi) is 7.14. The van der Waals surface area contributed by atoms with Crippen molar-refractivity contribution in [2.45, 2.75) is 59.2 Å². The van der Waals surface area contributed by atoms with E-state index in [0.29, 0.717) is 6.42 Å². The summed E-state index contributed by atoms with van der Waals surface area (Å²) in [5.41, 5.74) is 0.235. The van der Waals surface area contributed by atoms with E-state index < -0.39 is 23.0 Å². The third-order valence-corrected chi connectivity index (χ3v) is 6.73. The Labute approximate surface area is 208 Å². The van der Waals surface area contributed by atoms with Crippen LogP contribution in [-0.2, 0) is 6.54 Å². The van der Waals surface area contributed by atoms with Crippen LogP contribution >= 0.6 is 0 Å². The summed E-state index contributed by atoms with van der Waals surface area (Å²) in [6.45, 7) is 8.07. The van der Waals surface area contributed by atoms with Crippen molar-refractivity contribution in [3.63, 3.8) is 0 Å². The van der Waals surface area contributed by atoms with Crippen molar-refractivity contribution in [2.75, 3.05) is 18.3 Å². The Balaban J connectivity index is 1.77. The molecule has 1 aromatic heterocycles. The highest BCUT2D eigenvalue weighted by molar-refractivity contribution is 5.99. The summed E-state index contributed by atoms with van der Waals surface area (Å²) in [5, 5.41) is 4.43. The van der Waals surface area contributed by atoms with E-state index in [1.807, 2.05) is 38.8 Å². The number of unbranched alkanes of at least 4 members (excludes halogenated alkanes) is 1. The van der Waals surface area contributed by atoms with Crippen LogP contribution in [0.15, 0.2) is 40.8 Å². The van der Waals surface area contributed by atoms with E-state index in [1.54, 1.807) is 4.90 Å². The van der Waals surface area contributed by atoms with Crippen molar-refractivity contribution in [1.29, 1.82) is 0 Å². The van der Waals surface area contributed by atoms with Crippen molar-refractivity contribution in [3.8, 4) is 5.75 Å². The maximum atomic E-state index is 14.0. The summed E-state index contributed by atoms with van der Waals surface area (Å²) < 4.78 is 34.6. The van der Waals surface area contributed by atoms with Crippen LogP contribution in [0.3, 0.4) is 0 Å². The molecule has 36 heavy (non-hydrogen) atoms. The quantitative estimate of drug-likeness (QED) is 0.466. The molecule has 2 bridgehead atoms. The molecule has 4 rings (SSSR count). The number of hydrogen-bond acceptors (Lipinski definition) is 5. The molecular weight excluding hydrogens is 470 g/mol. The lowest BCUT2D eigenvalue weighted by Crippen LogP contribution is -2.58. The number of aromatic nitrogens is 1. The van der Waals surface area contributed by atoms with Gasteiger partial charge >= 0.3 is 0 Å². The molecule has 2 aliphatic heterocycles. The maximum Gasteiger partial charge on any atom is 0.278 e. The zero-order valence-electron chi connectivity index (χ0n) is 20.8. The summed E-state index contributed by atoms with van der Waals surface area (Å²) in [7, 11) is 0. The number of fused-ring (bicyclic) bond motifs is 4. The third kappa shape index (κ3) is 4.59. The highest BCUT2D eigenvalue weighted by atomic mass is 19.1. The van der Waals surface area contributed by atoms with Crippen molar-refractivity contribution in [3.05, 3.63) is 74.7 Å². The predicted octanol–water partition coefficient (Wildman–Crippen LogP) is 3.32. The summed E-state index contributed by atoms with van der Waals surface area (Å²) in [5.74, 6) is -2.82. The molecule has 2 atom stereocenters. The molecule has 10 heteroatoms. The minimum atomic E-state index is -0.804. The number of carbonyl (C=O) groups excluding carboxylic acids is 2. The molecule has 8 nitrogen and oxygen atoms in total. The van der Waals surface area contributed by atoms with E-state index in [0.717, 1.165) is 24.1 Å². The second-order valence-corrected chi connectivity index (χ2v) is 9.20. The zero-order chi connectivity index (χ0) is 26.1. The number of hydrogen-bond donors (Lipinski definition) is 1. The number of ether oxygens (including phenoxy) is 1. The molecule has 0 aliphatic carbocycles. The van der Waals surface area contributed by atoms with Crippen LogP contribution in [0.2, 0.25) is 0 Å². The summed E-state index contributed by atoms with van der Waals surface area (Å²) in [6, 6.07) is 2.73. The summed E-state index contributed by atoms with van der Waals surface area (Å²) >= 11 is 0. The lowest BCUT2D eigenvalue weighted by atomic mass is 10.1. The van der Waals surface area contributed by atoms with E-state index in [1.165, 1.54) is 16.9 Å². The van der Waals surface area contributed by atoms with Gasteiger partial charge in [-0.1, -0.05) is 31.1 Å². The Morgan fingerprint density at radius 1 is 1.22 bits per heavy atom. The number of rotatable bonds is 7. The molecule has 2 amide bonds. The normalized spacial score (nSPS) is 18.9. The predicted molar refractivity (Wildman–Crippen MR) is 131 cm³/mol. The monoisotopic (exact) mass is 500 g/mol. The standard InChI is InChI=1S/C26H30F2N4O4/c1-5-6-9-36-24-22-26(35)30-14-32(17(4)15(2)10-16(30)3)31(22)13-20(23(24)33)25(34)29-12-18-7-8-19(27)11-21(18)28/h7-8,10-11,13,16-17H,5-6,9,12,14H2,1-4H3,(H,29,34)/t16-,17+/m0/s1. The van der Waals surface area contributed by atoms with Gasteiger partial charge in [0, 0.05) is 30.4 Å². The lowest BCUT2D eigenvalue weighted by molar-refractivity contribution is 0.0650.